The first-order valence-corrected chi connectivity index (χ1v) is 12.8. The molecule has 0 saturated carbocycles. The second kappa shape index (κ2) is 9.98. The zero-order valence-electron chi connectivity index (χ0n) is 20.1. The number of likely N-dealkylation sites (tertiary alicyclic amines) is 1. The Bertz CT molecular complexity index is 1240. The summed E-state index contributed by atoms with van der Waals surface area (Å²) in [5, 5.41) is 11.9. The molecular weight excluding hydrogens is 456 g/mol. The fraction of sp³-hybridized carbons (Fsp3) is 0.300. The van der Waals surface area contributed by atoms with E-state index in [-0.39, 0.29) is 5.91 Å². The van der Waals surface area contributed by atoms with Crippen LogP contribution in [0, 0.1) is 0 Å². The number of fused-ring (bicyclic) bond motifs is 2. The number of carbonyl (C=O) groups excluding carboxylic acids is 1. The molecule has 1 amide bonds. The van der Waals surface area contributed by atoms with Crippen molar-refractivity contribution in [2.75, 3.05) is 31.1 Å². The van der Waals surface area contributed by atoms with Gasteiger partial charge in [0.05, 0.1) is 11.3 Å². The molecule has 0 spiro atoms. The number of aliphatic hydroxyl groups is 1. The smallest absolute Gasteiger partial charge is 0.258 e. The molecule has 5 rings (SSSR count). The quantitative estimate of drug-likeness (QED) is 0.472. The highest BCUT2D eigenvalue weighted by Gasteiger charge is 2.34. The Morgan fingerprint density at radius 1 is 0.914 bits per heavy atom. The molecule has 3 aromatic rings. The maximum absolute atomic E-state index is 13.4. The number of amides is 1. The number of nitrogens with zero attached hydrogens (tertiary/aromatic N) is 2. The molecule has 4 nitrogen and oxygen atoms in total. The van der Waals surface area contributed by atoms with E-state index in [0.29, 0.717) is 24.4 Å². The van der Waals surface area contributed by atoms with Crippen molar-refractivity contribution in [3.63, 3.8) is 0 Å². The Hall–Kier alpha value is -2.92. The van der Waals surface area contributed by atoms with Crippen molar-refractivity contribution in [2.24, 2.45) is 0 Å². The lowest BCUT2D eigenvalue weighted by Crippen LogP contribution is -2.42. The van der Waals surface area contributed by atoms with Crippen LogP contribution in [0.4, 0.5) is 5.69 Å². The molecule has 2 aliphatic heterocycles. The average molecular weight is 487 g/mol. The first kappa shape index (κ1) is 23.8. The van der Waals surface area contributed by atoms with Crippen LogP contribution in [0.2, 0.25) is 5.02 Å². The van der Waals surface area contributed by atoms with Gasteiger partial charge >= 0.3 is 0 Å². The van der Waals surface area contributed by atoms with Gasteiger partial charge in [0.25, 0.3) is 5.91 Å². The van der Waals surface area contributed by atoms with E-state index in [1.807, 2.05) is 72.5 Å². The monoisotopic (exact) mass is 486 g/mol. The van der Waals surface area contributed by atoms with Crippen molar-refractivity contribution in [3.8, 4) is 0 Å². The Morgan fingerprint density at radius 3 is 2.23 bits per heavy atom. The summed E-state index contributed by atoms with van der Waals surface area (Å²) in [5.41, 5.74) is 5.09. The molecule has 0 atom stereocenters. The molecule has 0 aliphatic carbocycles. The van der Waals surface area contributed by atoms with Crippen LogP contribution in [0.3, 0.4) is 0 Å². The van der Waals surface area contributed by atoms with E-state index in [2.05, 4.69) is 23.1 Å². The average Bonchev–Trinajstić information content (AvgIpc) is 2.98. The van der Waals surface area contributed by atoms with Gasteiger partial charge in [-0.15, -0.1) is 0 Å². The van der Waals surface area contributed by atoms with Crippen molar-refractivity contribution in [3.05, 3.63) is 106 Å². The van der Waals surface area contributed by atoms with E-state index in [1.165, 1.54) is 0 Å². The molecular formula is C30H31ClN2O2. The Balaban J connectivity index is 1.35. The molecule has 0 unspecified atom stereocenters. The molecule has 3 aromatic carbocycles. The van der Waals surface area contributed by atoms with Crippen molar-refractivity contribution in [2.45, 2.75) is 31.8 Å². The molecule has 1 N–H and O–H groups in total. The van der Waals surface area contributed by atoms with Crippen molar-refractivity contribution < 1.29 is 9.90 Å². The number of hydrogen-bond acceptors (Lipinski definition) is 3. The van der Waals surface area contributed by atoms with E-state index in [4.69, 9.17) is 11.6 Å². The highest BCUT2D eigenvalue weighted by Crippen LogP contribution is 2.38. The third-order valence-corrected chi connectivity index (χ3v) is 7.60. The summed E-state index contributed by atoms with van der Waals surface area (Å²) in [6, 6.07) is 23.7. The van der Waals surface area contributed by atoms with Gasteiger partial charge in [-0.3, -0.25) is 4.79 Å². The van der Waals surface area contributed by atoms with Crippen LogP contribution < -0.4 is 4.90 Å². The molecule has 2 aliphatic rings. The lowest BCUT2D eigenvalue weighted by Gasteiger charge is -2.38. The Morgan fingerprint density at radius 2 is 1.54 bits per heavy atom. The Labute approximate surface area is 212 Å². The molecule has 2 heterocycles. The highest BCUT2D eigenvalue weighted by atomic mass is 35.5. The summed E-state index contributed by atoms with van der Waals surface area (Å²) in [7, 11) is 0. The van der Waals surface area contributed by atoms with Gasteiger partial charge < -0.3 is 14.9 Å². The van der Waals surface area contributed by atoms with Crippen molar-refractivity contribution >= 4 is 28.8 Å². The third-order valence-electron chi connectivity index (χ3n) is 7.35. The summed E-state index contributed by atoms with van der Waals surface area (Å²) in [4.78, 5) is 17.6. The molecule has 0 radical (unpaired) electrons. The van der Waals surface area contributed by atoms with E-state index in [1.54, 1.807) is 0 Å². The van der Waals surface area contributed by atoms with Gasteiger partial charge in [-0.05, 0) is 67.2 Å². The number of benzene rings is 3. The van der Waals surface area contributed by atoms with Crippen LogP contribution in [-0.4, -0.2) is 42.1 Å². The second-order valence-electron chi connectivity index (χ2n) is 9.40. The number of carbonyl (C=O) groups is 1. The minimum absolute atomic E-state index is 0.0523. The fourth-order valence-electron chi connectivity index (χ4n) is 5.36. The number of hydrogen-bond donors (Lipinski definition) is 1. The lowest BCUT2D eigenvalue weighted by molar-refractivity contribution is -0.0254. The zero-order chi connectivity index (χ0) is 24.4. The zero-order valence-corrected chi connectivity index (χ0v) is 20.8. The molecule has 180 valence electrons. The van der Waals surface area contributed by atoms with Gasteiger partial charge in [0, 0.05) is 42.3 Å². The molecule has 0 aromatic heterocycles. The number of halogens is 1. The minimum Gasteiger partial charge on any atom is -0.385 e. The van der Waals surface area contributed by atoms with Gasteiger partial charge in [0.15, 0.2) is 0 Å². The van der Waals surface area contributed by atoms with Gasteiger partial charge in [-0.1, -0.05) is 66.2 Å². The number of anilines is 1. The predicted molar refractivity (Wildman–Crippen MR) is 143 cm³/mol. The lowest BCUT2D eigenvalue weighted by atomic mass is 9.84. The van der Waals surface area contributed by atoms with Crippen LogP contribution in [-0.2, 0) is 5.60 Å². The maximum atomic E-state index is 13.4. The van der Waals surface area contributed by atoms with Gasteiger partial charge in [-0.2, -0.15) is 0 Å². The number of piperidine rings is 1. The van der Waals surface area contributed by atoms with E-state index in [0.717, 1.165) is 59.6 Å². The maximum Gasteiger partial charge on any atom is 0.258 e. The van der Waals surface area contributed by atoms with Gasteiger partial charge in [-0.25, -0.2) is 0 Å². The predicted octanol–water partition coefficient (Wildman–Crippen LogP) is 6.13. The van der Waals surface area contributed by atoms with E-state index >= 15 is 0 Å². The van der Waals surface area contributed by atoms with Gasteiger partial charge in [0.2, 0.25) is 0 Å². The van der Waals surface area contributed by atoms with Crippen LogP contribution in [0.5, 0.6) is 0 Å². The SMILES string of the molecule is CCN1C(=O)c2ccccc2/C(=C/CCN2CCC(O)(c3ccc(Cl)cc3)CC2)c2ccccc21. The Kier molecular flexibility index (Phi) is 6.79. The standard InChI is InChI=1S/C30H31ClN2O2/c1-2-33-28-12-6-5-9-26(28)24(25-8-3-4-10-27(25)29(33)34)11-7-19-32-20-17-30(35,18-21-32)22-13-15-23(31)16-14-22/h3-6,8-16,35H,2,7,17-21H2,1H3/b24-11-. The van der Waals surface area contributed by atoms with Crippen molar-refractivity contribution in [1.82, 2.24) is 4.90 Å². The summed E-state index contributed by atoms with van der Waals surface area (Å²) >= 11 is 6.02. The molecule has 35 heavy (non-hydrogen) atoms. The fourth-order valence-corrected chi connectivity index (χ4v) is 5.49. The van der Waals surface area contributed by atoms with E-state index < -0.39 is 5.60 Å². The summed E-state index contributed by atoms with van der Waals surface area (Å²) in [5.74, 6) is 0.0523. The first-order chi connectivity index (χ1) is 17.0. The third kappa shape index (κ3) is 4.66. The second-order valence-corrected chi connectivity index (χ2v) is 9.84. The topological polar surface area (TPSA) is 43.8 Å². The molecule has 1 fully saturated rings. The van der Waals surface area contributed by atoms with Crippen LogP contribution >= 0.6 is 11.6 Å². The van der Waals surface area contributed by atoms with Crippen LogP contribution in [0.15, 0.2) is 78.9 Å². The molecule has 0 bridgehead atoms. The summed E-state index contributed by atoms with van der Waals surface area (Å²) < 4.78 is 0. The minimum atomic E-state index is -0.789. The van der Waals surface area contributed by atoms with Crippen LogP contribution in [0.1, 0.15) is 53.2 Å². The number of para-hydroxylation sites is 1. The largest absolute Gasteiger partial charge is 0.385 e. The van der Waals surface area contributed by atoms with E-state index in [9.17, 15) is 9.90 Å². The summed E-state index contributed by atoms with van der Waals surface area (Å²) in [6.07, 6.45) is 4.56. The first-order valence-electron chi connectivity index (χ1n) is 12.4. The normalized spacial score (nSPS) is 18.8. The van der Waals surface area contributed by atoms with Gasteiger partial charge in [0.1, 0.15) is 0 Å². The summed E-state index contributed by atoms with van der Waals surface area (Å²) in [6.45, 7) is 5.25. The molecule has 5 heteroatoms. The van der Waals surface area contributed by atoms with Crippen molar-refractivity contribution in [1.29, 1.82) is 0 Å². The van der Waals surface area contributed by atoms with Crippen LogP contribution in [0.25, 0.3) is 5.57 Å². The highest BCUT2D eigenvalue weighted by molar-refractivity contribution is 6.30. The number of rotatable bonds is 5. The molecule has 1 saturated heterocycles.